The quantitative estimate of drug-likeness (QED) is 0.675. The zero-order valence-electron chi connectivity index (χ0n) is 15.8. The fourth-order valence-electron chi connectivity index (χ4n) is 3.31. The van der Waals surface area contributed by atoms with Crippen molar-refractivity contribution in [3.05, 3.63) is 40.2 Å². The normalized spacial score (nSPS) is 15.8. The summed E-state index contributed by atoms with van der Waals surface area (Å²) >= 11 is 3.48. The van der Waals surface area contributed by atoms with Gasteiger partial charge in [0.25, 0.3) is 0 Å². The Morgan fingerprint density at radius 2 is 2.19 bits per heavy atom. The third kappa shape index (κ3) is 5.40. The van der Waals surface area contributed by atoms with Crippen LogP contribution in [0.15, 0.2) is 33.2 Å². The number of hydrogen-bond donors (Lipinski definition) is 1. The number of halogens is 1. The van der Waals surface area contributed by atoms with E-state index in [-0.39, 0.29) is 11.8 Å². The number of hydrogen-bond acceptors (Lipinski definition) is 5. The van der Waals surface area contributed by atoms with Crippen molar-refractivity contribution in [2.45, 2.75) is 26.3 Å². The third-order valence-electron chi connectivity index (χ3n) is 4.90. The Kier molecular flexibility index (Phi) is 7.04. The van der Waals surface area contributed by atoms with E-state index in [1.54, 1.807) is 7.11 Å². The lowest BCUT2D eigenvalue weighted by Crippen LogP contribution is -2.41. The molecule has 1 aliphatic rings. The number of rotatable bonds is 7. The molecule has 1 amide bonds. The van der Waals surface area contributed by atoms with Crippen LogP contribution in [0.3, 0.4) is 0 Å². The lowest BCUT2D eigenvalue weighted by atomic mass is 9.96. The number of benzene rings is 1. The van der Waals surface area contributed by atoms with Gasteiger partial charge in [-0.2, -0.15) is 0 Å². The predicted molar refractivity (Wildman–Crippen MR) is 107 cm³/mol. The molecule has 1 aromatic carbocycles. The molecule has 0 atom stereocenters. The lowest BCUT2D eigenvalue weighted by Gasteiger charge is -2.30. The number of likely N-dealkylation sites (tertiary alicyclic amines) is 1. The van der Waals surface area contributed by atoms with Crippen LogP contribution in [-0.2, 0) is 16.1 Å². The summed E-state index contributed by atoms with van der Waals surface area (Å²) in [5.41, 5.74) is 1.93. The Bertz CT molecular complexity index is 770. The van der Waals surface area contributed by atoms with Crippen molar-refractivity contribution in [1.29, 1.82) is 0 Å². The third-order valence-corrected chi connectivity index (χ3v) is 5.39. The first kappa shape index (κ1) is 20.0. The number of oxazole rings is 1. The topological polar surface area (TPSA) is 67.6 Å². The fraction of sp³-hybridized carbons (Fsp3) is 0.500. The van der Waals surface area contributed by atoms with E-state index >= 15 is 0 Å². The SMILES string of the molecule is COCCNC(=O)C1CCN(Cc2nc(-c3cccc(Br)c3)oc2C)CC1. The van der Waals surface area contributed by atoms with Crippen molar-refractivity contribution in [2.75, 3.05) is 33.4 Å². The molecule has 0 bridgehead atoms. The van der Waals surface area contributed by atoms with Crippen LogP contribution in [0.25, 0.3) is 11.5 Å². The number of methoxy groups -OCH3 is 1. The highest BCUT2D eigenvalue weighted by atomic mass is 79.9. The molecule has 7 heteroatoms. The summed E-state index contributed by atoms with van der Waals surface area (Å²) in [7, 11) is 1.64. The summed E-state index contributed by atoms with van der Waals surface area (Å²) in [6.07, 6.45) is 1.74. The van der Waals surface area contributed by atoms with Crippen LogP contribution < -0.4 is 5.32 Å². The van der Waals surface area contributed by atoms with Crippen LogP contribution in [0.1, 0.15) is 24.3 Å². The highest BCUT2D eigenvalue weighted by molar-refractivity contribution is 9.10. The molecule has 3 rings (SSSR count). The maximum Gasteiger partial charge on any atom is 0.226 e. The summed E-state index contributed by atoms with van der Waals surface area (Å²) in [6, 6.07) is 7.95. The first-order chi connectivity index (χ1) is 13.1. The number of nitrogens with one attached hydrogen (secondary N) is 1. The second kappa shape index (κ2) is 9.48. The Hall–Kier alpha value is -1.70. The van der Waals surface area contributed by atoms with E-state index in [0.29, 0.717) is 19.0 Å². The lowest BCUT2D eigenvalue weighted by molar-refractivity contribution is -0.126. The van der Waals surface area contributed by atoms with Crippen molar-refractivity contribution in [1.82, 2.24) is 15.2 Å². The van der Waals surface area contributed by atoms with E-state index in [0.717, 1.165) is 54.0 Å². The van der Waals surface area contributed by atoms with Crippen LogP contribution >= 0.6 is 15.9 Å². The Labute approximate surface area is 168 Å². The first-order valence-electron chi connectivity index (χ1n) is 9.28. The molecule has 0 saturated carbocycles. The van der Waals surface area contributed by atoms with Gasteiger partial charge in [-0.1, -0.05) is 22.0 Å². The average Bonchev–Trinajstić information content (AvgIpc) is 3.03. The van der Waals surface area contributed by atoms with Crippen molar-refractivity contribution in [2.24, 2.45) is 5.92 Å². The van der Waals surface area contributed by atoms with Gasteiger partial charge in [-0.15, -0.1) is 0 Å². The molecule has 0 spiro atoms. The molecule has 27 heavy (non-hydrogen) atoms. The molecule has 6 nitrogen and oxygen atoms in total. The number of ether oxygens (including phenoxy) is 1. The smallest absolute Gasteiger partial charge is 0.226 e. The van der Waals surface area contributed by atoms with E-state index in [9.17, 15) is 4.79 Å². The number of carbonyl (C=O) groups is 1. The molecular weight excluding hydrogens is 410 g/mol. The van der Waals surface area contributed by atoms with E-state index in [1.807, 2.05) is 31.2 Å². The summed E-state index contributed by atoms with van der Waals surface area (Å²) in [4.78, 5) is 19.2. The summed E-state index contributed by atoms with van der Waals surface area (Å²) in [5.74, 6) is 1.73. The molecule has 0 radical (unpaired) electrons. The number of piperidine rings is 1. The van der Waals surface area contributed by atoms with Crippen LogP contribution in [0.4, 0.5) is 0 Å². The second-order valence-corrected chi connectivity index (χ2v) is 7.78. The minimum atomic E-state index is 0.0914. The highest BCUT2D eigenvalue weighted by Crippen LogP contribution is 2.26. The van der Waals surface area contributed by atoms with Crippen molar-refractivity contribution in [3.8, 4) is 11.5 Å². The minimum absolute atomic E-state index is 0.0914. The second-order valence-electron chi connectivity index (χ2n) is 6.87. The zero-order valence-corrected chi connectivity index (χ0v) is 17.4. The molecule has 1 N–H and O–H groups in total. The molecule has 0 unspecified atom stereocenters. The molecule has 1 fully saturated rings. The molecule has 2 aromatic rings. The van der Waals surface area contributed by atoms with E-state index in [1.165, 1.54) is 0 Å². The molecule has 1 saturated heterocycles. The van der Waals surface area contributed by atoms with Crippen LogP contribution in [0.5, 0.6) is 0 Å². The van der Waals surface area contributed by atoms with Gasteiger partial charge in [-0.25, -0.2) is 4.98 Å². The molecule has 0 aliphatic carbocycles. The van der Waals surface area contributed by atoms with E-state index in [4.69, 9.17) is 14.1 Å². The Morgan fingerprint density at radius 1 is 1.41 bits per heavy atom. The first-order valence-corrected chi connectivity index (χ1v) is 10.1. The molecule has 146 valence electrons. The van der Waals surface area contributed by atoms with Crippen LogP contribution in [-0.4, -0.2) is 49.1 Å². The molecule has 1 aliphatic heterocycles. The van der Waals surface area contributed by atoms with Gasteiger partial charge in [0.2, 0.25) is 11.8 Å². The monoisotopic (exact) mass is 435 g/mol. The zero-order chi connectivity index (χ0) is 19.2. The maximum atomic E-state index is 12.2. The van der Waals surface area contributed by atoms with Gasteiger partial charge in [0.1, 0.15) is 5.76 Å². The number of carbonyl (C=O) groups excluding carboxylic acids is 1. The van der Waals surface area contributed by atoms with Gasteiger partial charge in [0.15, 0.2) is 0 Å². The maximum absolute atomic E-state index is 12.2. The fourth-order valence-corrected chi connectivity index (χ4v) is 3.70. The Morgan fingerprint density at radius 3 is 2.89 bits per heavy atom. The van der Waals surface area contributed by atoms with E-state index in [2.05, 4.69) is 26.1 Å². The summed E-state index contributed by atoms with van der Waals surface area (Å²) in [5, 5.41) is 2.94. The Balaban J connectivity index is 1.54. The van der Waals surface area contributed by atoms with Crippen LogP contribution in [0.2, 0.25) is 0 Å². The van der Waals surface area contributed by atoms with Gasteiger partial charge in [-0.3, -0.25) is 9.69 Å². The standard InChI is InChI=1S/C20H26BrN3O3/c1-14-18(23-20(27-14)16-4-3-5-17(21)12-16)13-24-9-6-15(7-10-24)19(25)22-8-11-26-2/h3-5,12,15H,6-11,13H2,1-2H3,(H,22,25). The largest absolute Gasteiger partial charge is 0.441 e. The van der Waals surface area contributed by atoms with Crippen molar-refractivity contribution in [3.63, 3.8) is 0 Å². The van der Waals surface area contributed by atoms with Gasteiger partial charge in [0.05, 0.1) is 12.3 Å². The highest BCUT2D eigenvalue weighted by Gasteiger charge is 2.25. The summed E-state index contributed by atoms with van der Waals surface area (Å²) in [6.45, 7) is 5.62. The van der Waals surface area contributed by atoms with Crippen molar-refractivity contribution < 1.29 is 13.9 Å². The van der Waals surface area contributed by atoms with Gasteiger partial charge < -0.3 is 14.5 Å². The van der Waals surface area contributed by atoms with Crippen LogP contribution in [0, 0.1) is 12.8 Å². The average molecular weight is 436 g/mol. The molecule has 2 heterocycles. The molecular formula is C20H26BrN3O3. The predicted octanol–water partition coefficient (Wildman–Crippen LogP) is 3.39. The number of aromatic nitrogens is 1. The number of nitrogens with zero attached hydrogens (tertiary/aromatic N) is 2. The minimum Gasteiger partial charge on any atom is -0.441 e. The van der Waals surface area contributed by atoms with E-state index < -0.39 is 0 Å². The van der Waals surface area contributed by atoms with Gasteiger partial charge >= 0.3 is 0 Å². The number of aryl methyl sites for hydroxylation is 1. The summed E-state index contributed by atoms with van der Waals surface area (Å²) < 4.78 is 11.9. The van der Waals surface area contributed by atoms with Gasteiger partial charge in [0, 0.05) is 36.2 Å². The van der Waals surface area contributed by atoms with Gasteiger partial charge in [-0.05, 0) is 51.1 Å². The molecule has 1 aromatic heterocycles. The number of amides is 1. The van der Waals surface area contributed by atoms with Crippen molar-refractivity contribution >= 4 is 21.8 Å².